The molecule has 1 aliphatic heterocycles. The van der Waals surface area contributed by atoms with Crippen molar-refractivity contribution in [1.82, 2.24) is 15.1 Å². The first kappa shape index (κ1) is 18.5. The van der Waals surface area contributed by atoms with E-state index in [1.165, 1.54) is 19.3 Å². The molecule has 1 aliphatic rings. The second kappa shape index (κ2) is 9.38. The van der Waals surface area contributed by atoms with Gasteiger partial charge in [-0.05, 0) is 56.5 Å². The van der Waals surface area contributed by atoms with Gasteiger partial charge in [0.2, 0.25) is 5.91 Å². The Morgan fingerprint density at radius 3 is 2.81 bits per heavy atom. The molecule has 1 saturated heterocycles. The van der Waals surface area contributed by atoms with E-state index in [4.69, 9.17) is 0 Å². The number of hydrogen-bond acceptors (Lipinski definition) is 4. The summed E-state index contributed by atoms with van der Waals surface area (Å²) in [4.78, 5) is 12.2. The van der Waals surface area contributed by atoms with Gasteiger partial charge in [0.25, 0.3) is 0 Å². The molecule has 6 heteroatoms. The van der Waals surface area contributed by atoms with E-state index in [0.29, 0.717) is 6.42 Å². The first-order valence-corrected chi connectivity index (χ1v) is 9.55. The molecule has 0 aliphatic carbocycles. The van der Waals surface area contributed by atoms with Crippen LogP contribution in [0.5, 0.6) is 0 Å². The summed E-state index contributed by atoms with van der Waals surface area (Å²) in [5, 5.41) is 13.8. The Morgan fingerprint density at radius 2 is 2.04 bits per heavy atom. The average Bonchev–Trinajstić information content (AvgIpc) is 3.05. The van der Waals surface area contributed by atoms with Crippen LogP contribution in [0.1, 0.15) is 38.5 Å². The Balaban J connectivity index is 1.40. The molecule has 6 nitrogen and oxygen atoms in total. The van der Waals surface area contributed by atoms with Gasteiger partial charge in [-0.15, -0.1) is 0 Å². The van der Waals surface area contributed by atoms with E-state index in [1.54, 1.807) is 10.9 Å². The Bertz CT molecular complexity index is 706. The molecule has 2 heterocycles. The number of piperidine rings is 1. The van der Waals surface area contributed by atoms with E-state index in [0.717, 1.165) is 48.9 Å². The van der Waals surface area contributed by atoms with Crippen LogP contribution in [-0.4, -0.2) is 28.8 Å². The summed E-state index contributed by atoms with van der Waals surface area (Å²) in [6.45, 7) is 2.29. The fourth-order valence-corrected chi connectivity index (χ4v) is 3.44. The van der Waals surface area contributed by atoms with Gasteiger partial charge in [-0.1, -0.05) is 18.9 Å². The molecule has 0 bridgehead atoms. The van der Waals surface area contributed by atoms with Crippen molar-refractivity contribution in [2.45, 2.75) is 38.5 Å². The highest BCUT2D eigenvalue weighted by molar-refractivity contribution is 5.91. The summed E-state index contributed by atoms with van der Waals surface area (Å²) in [5.41, 5.74) is 2.68. The topological polar surface area (TPSA) is 71.0 Å². The van der Waals surface area contributed by atoms with Crippen LogP contribution in [0.4, 0.5) is 17.1 Å². The van der Waals surface area contributed by atoms with Crippen LogP contribution in [-0.2, 0) is 11.8 Å². The van der Waals surface area contributed by atoms with E-state index in [9.17, 15) is 4.79 Å². The Morgan fingerprint density at radius 1 is 1.23 bits per heavy atom. The van der Waals surface area contributed by atoms with Gasteiger partial charge in [0.1, 0.15) is 0 Å². The number of aromatic nitrogens is 2. The van der Waals surface area contributed by atoms with Crippen LogP contribution in [0.25, 0.3) is 0 Å². The second-order valence-corrected chi connectivity index (χ2v) is 7.10. The number of amides is 1. The number of nitrogens with zero attached hydrogens (tertiary/aromatic N) is 2. The molecule has 1 aromatic carbocycles. The zero-order chi connectivity index (χ0) is 18.2. The highest BCUT2D eigenvalue weighted by Gasteiger charge is 2.12. The van der Waals surface area contributed by atoms with Crippen molar-refractivity contribution in [3.8, 4) is 0 Å². The molecule has 140 valence electrons. The van der Waals surface area contributed by atoms with E-state index < -0.39 is 0 Å². The average molecular weight is 355 g/mol. The minimum atomic E-state index is 0.0915. The van der Waals surface area contributed by atoms with Crippen LogP contribution in [0.15, 0.2) is 36.7 Å². The molecule has 26 heavy (non-hydrogen) atoms. The largest absolute Gasteiger partial charge is 0.353 e. The van der Waals surface area contributed by atoms with Crippen molar-refractivity contribution in [1.29, 1.82) is 0 Å². The number of aryl methyl sites for hydroxylation is 1. The number of carbonyl (C=O) groups excluding carboxylic acids is 1. The van der Waals surface area contributed by atoms with Crippen LogP contribution >= 0.6 is 0 Å². The van der Waals surface area contributed by atoms with Crippen molar-refractivity contribution in [3.63, 3.8) is 0 Å². The molecule has 0 atom stereocenters. The molecule has 1 amide bonds. The van der Waals surface area contributed by atoms with E-state index in [-0.39, 0.29) is 5.91 Å². The van der Waals surface area contributed by atoms with Crippen molar-refractivity contribution in [2.75, 3.05) is 23.7 Å². The highest BCUT2D eigenvalue weighted by atomic mass is 16.1. The summed E-state index contributed by atoms with van der Waals surface area (Å²) in [6.07, 6.45) is 10.2. The van der Waals surface area contributed by atoms with Crippen LogP contribution in [0, 0.1) is 5.92 Å². The molecular weight excluding hydrogens is 326 g/mol. The molecule has 1 aromatic heterocycles. The third-order valence-electron chi connectivity index (χ3n) is 4.86. The van der Waals surface area contributed by atoms with Gasteiger partial charge < -0.3 is 16.0 Å². The maximum Gasteiger partial charge on any atom is 0.224 e. The van der Waals surface area contributed by atoms with E-state index in [1.807, 2.05) is 37.5 Å². The third kappa shape index (κ3) is 5.88. The van der Waals surface area contributed by atoms with E-state index >= 15 is 0 Å². The summed E-state index contributed by atoms with van der Waals surface area (Å²) < 4.78 is 1.75. The number of hydrogen-bond donors (Lipinski definition) is 3. The lowest BCUT2D eigenvalue weighted by molar-refractivity contribution is -0.116. The lowest BCUT2D eigenvalue weighted by atomic mass is 9.92. The molecule has 1 fully saturated rings. The predicted octanol–water partition coefficient (Wildman–Crippen LogP) is 3.66. The molecule has 3 rings (SSSR count). The van der Waals surface area contributed by atoms with Gasteiger partial charge in [-0.3, -0.25) is 9.48 Å². The van der Waals surface area contributed by atoms with Crippen molar-refractivity contribution in [3.05, 3.63) is 36.7 Å². The van der Waals surface area contributed by atoms with Crippen LogP contribution < -0.4 is 16.0 Å². The number of unbranched alkanes of at least 4 members (excludes halogenated alkanes) is 1. The highest BCUT2D eigenvalue weighted by Crippen LogP contribution is 2.21. The molecular formula is C20H29N5O. The van der Waals surface area contributed by atoms with Gasteiger partial charge >= 0.3 is 0 Å². The monoisotopic (exact) mass is 355 g/mol. The summed E-state index contributed by atoms with van der Waals surface area (Å²) in [7, 11) is 1.88. The zero-order valence-electron chi connectivity index (χ0n) is 15.5. The maximum atomic E-state index is 12.2. The number of benzene rings is 1. The fourth-order valence-electron chi connectivity index (χ4n) is 3.44. The van der Waals surface area contributed by atoms with Crippen molar-refractivity contribution in [2.24, 2.45) is 13.0 Å². The smallest absolute Gasteiger partial charge is 0.224 e. The standard InChI is InChI=1S/C20H29N5O/c1-25-15-19(14-22-25)23-17-6-4-7-18(13-17)24-20(26)8-3-2-5-16-9-11-21-12-10-16/h4,6-7,13-16,21,23H,2-3,5,8-12H2,1H3,(H,24,26). The molecule has 2 aromatic rings. The van der Waals surface area contributed by atoms with Gasteiger partial charge in [0, 0.05) is 31.0 Å². The summed E-state index contributed by atoms with van der Waals surface area (Å²) >= 11 is 0. The Kier molecular flexibility index (Phi) is 6.66. The molecule has 0 spiro atoms. The first-order valence-electron chi connectivity index (χ1n) is 9.55. The lowest BCUT2D eigenvalue weighted by Gasteiger charge is -2.22. The first-order chi connectivity index (χ1) is 12.7. The van der Waals surface area contributed by atoms with Gasteiger partial charge in [0.05, 0.1) is 11.9 Å². The fraction of sp³-hybridized carbons (Fsp3) is 0.500. The van der Waals surface area contributed by atoms with Crippen LogP contribution in [0.2, 0.25) is 0 Å². The van der Waals surface area contributed by atoms with Gasteiger partial charge in [-0.25, -0.2) is 0 Å². The molecule has 0 radical (unpaired) electrons. The summed E-state index contributed by atoms with van der Waals surface area (Å²) in [6, 6.07) is 7.77. The number of rotatable bonds is 8. The molecule has 0 unspecified atom stereocenters. The Labute approximate surface area is 155 Å². The van der Waals surface area contributed by atoms with Gasteiger partial charge in [-0.2, -0.15) is 5.10 Å². The quantitative estimate of drug-likeness (QED) is 0.632. The lowest BCUT2D eigenvalue weighted by Crippen LogP contribution is -2.27. The van der Waals surface area contributed by atoms with Gasteiger partial charge in [0.15, 0.2) is 0 Å². The second-order valence-electron chi connectivity index (χ2n) is 7.10. The number of carbonyl (C=O) groups is 1. The third-order valence-corrected chi connectivity index (χ3v) is 4.86. The van der Waals surface area contributed by atoms with Crippen molar-refractivity contribution < 1.29 is 4.79 Å². The van der Waals surface area contributed by atoms with Crippen molar-refractivity contribution >= 4 is 23.0 Å². The molecule has 0 saturated carbocycles. The zero-order valence-corrected chi connectivity index (χ0v) is 15.5. The minimum absolute atomic E-state index is 0.0915. The van der Waals surface area contributed by atoms with E-state index in [2.05, 4.69) is 21.0 Å². The Hall–Kier alpha value is -2.34. The SMILES string of the molecule is Cn1cc(Nc2cccc(NC(=O)CCCCC3CCNCC3)c2)cn1. The van der Waals surface area contributed by atoms with Crippen LogP contribution in [0.3, 0.4) is 0 Å². The summed E-state index contributed by atoms with van der Waals surface area (Å²) in [5.74, 6) is 0.934. The molecule has 3 N–H and O–H groups in total. The predicted molar refractivity (Wildman–Crippen MR) is 106 cm³/mol. The minimum Gasteiger partial charge on any atom is -0.353 e. The normalized spacial score (nSPS) is 15.0. The maximum absolute atomic E-state index is 12.2. The number of anilines is 3. The number of nitrogens with one attached hydrogen (secondary N) is 3.